The van der Waals surface area contributed by atoms with E-state index in [1.54, 1.807) is 11.9 Å². The Bertz CT molecular complexity index is 777. The van der Waals surface area contributed by atoms with Crippen molar-refractivity contribution in [3.63, 3.8) is 0 Å². The van der Waals surface area contributed by atoms with Gasteiger partial charge in [0.05, 0.1) is 11.5 Å². The van der Waals surface area contributed by atoms with Crippen molar-refractivity contribution < 1.29 is 19.2 Å². The molecule has 26 heavy (non-hydrogen) atoms. The van der Waals surface area contributed by atoms with Crippen LogP contribution in [-0.4, -0.2) is 35.7 Å². The maximum Gasteiger partial charge on any atom is 0.283 e. The van der Waals surface area contributed by atoms with Crippen LogP contribution < -0.4 is 4.74 Å². The van der Waals surface area contributed by atoms with Crippen molar-refractivity contribution in [3.8, 4) is 5.75 Å². The Morgan fingerprint density at radius 2 is 1.92 bits per heavy atom. The Balaban J connectivity index is 1.83. The van der Waals surface area contributed by atoms with Gasteiger partial charge in [0.25, 0.3) is 5.69 Å². The lowest BCUT2D eigenvalue weighted by molar-refractivity contribution is -0.385. The molecule has 136 valence electrons. The molecule has 0 aliphatic carbocycles. The third kappa shape index (κ3) is 5.14. The fourth-order valence-corrected chi connectivity index (χ4v) is 2.48. The average molecular weight is 356 g/mol. The molecule has 1 amide bonds. The molecule has 0 aliphatic heterocycles. The summed E-state index contributed by atoms with van der Waals surface area (Å²) in [5.74, 6) is 0.131. The zero-order valence-corrected chi connectivity index (χ0v) is 14.5. The lowest BCUT2D eigenvalue weighted by atomic mass is 10.2. The second-order valence-electron chi connectivity index (χ2n) is 5.75. The first kappa shape index (κ1) is 19.1. The molecule has 7 heteroatoms. The summed E-state index contributed by atoms with van der Waals surface area (Å²) in [6, 6.07) is 13.9. The van der Waals surface area contributed by atoms with Crippen LogP contribution in [0.15, 0.2) is 48.5 Å². The van der Waals surface area contributed by atoms with E-state index in [-0.39, 0.29) is 35.9 Å². The molecule has 7 nitrogen and oxygen atoms in total. The van der Waals surface area contributed by atoms with Crippen molar-refractivity contribution >= 4 is 17.9 Å². The molecule has 0 aliphatic rings. The summed E-state index contributed by atoms with van der Waals surface area (Å²) >= 11 is 0. The molecule has 0 atom stereocenters. The van der Waals surface area contributed by atoms with Crippen molar-refractivity contribution in [1.29, 1.82) is 0 Å². The molecule has 0 spiro atoms. The maximum absolute atomic E-state index is 12.2. The van der Waals surface area contributed by atoms with Gasteiger partial charge in [0.1, 0.15) is 11.3 Å². The minimum atomic E-state index is -0.626. The number of rotatable bonds is 9. The standard InChI is InChI=1S/C19H20N2O5/c1-20(13-15-7-3-2-4-8-15)19(23)11-6-12-26-18-10-5-9-17(21(24)25)16(18)14-22/h2-5,7-10,14H,6,11-13H2,1H3. The lowest BCUT2D eigenvalue weighted by Crippen LogP contribution is -2.26. The molecule has 0 fully saturated rings. The van der Waals surface area contributed by atoms with Crippen LogP contribution in [0.5, 0.6) is 5.75 Å². The molecule has 0 N–H and O–H groups in total. The van der Waals surface area contributed by atoms with Gasteiger partial charge in [-0.15, -0.1) is 0 Å². The first-order valence-electron chi connectivity index (χ1n) is 8.16. The Morgan fingerprint density at radius 3 is 2.58 bits per heavy atom. The predicted octanol–water partition coefficient (Wildman–Crippen LogP) is 3.22. The van der Waals surface area contributed by atoms with Crippen molar-refractivity contribution in [3.05, 3.63) is 69.8 Å². The highest BCUT2D eigenvalue weighted by Crippen LogP contribution is 2.26. The van der Waals surface area contributed by atoms with E-state index in [2.05, 4.69) is 0 Å². The van der Waals surface area contributed by atoms with Crippen LogP contribution in [0.25, 0.3) is 0 Å². The summed E-state index contributed by atoms with van der Waals surface area (Å²) in [6.07, 6.45) is 1.14. The van der Waals surface area contributed by atoms with Gasteiger partial charge < -0.3 is 9.64 Å². The van der Waals surface area contributed by atoms with Crippen LogP contribution in [0, 0.1) is 10.1 Å². The zero-order valence-electron chi connectivity index (χ0n) is 14.5. The molecule has 0 saturated heterocycles. The van der Waals surface area contributed by atoms with Crippen LogP contribution in [0.4, 0.5) is 5.69 Å². The van der Waals surface area contributed by atoms with Crippen molar-refractivity contribution in [2.75, 3.05) is 13.7 Å². The zero-order chi connectivity index (χ0) is 18.9. The summed E-state index contributed by atoms with van der Waals surface area (Å²) in [6.45, 7) is 0.716. The Morgan fingerprint density at radius 1 is 1.19 bits per heavy atom. The number of carbonyl (C=O) groups excluding carboxylic acids is 2. The van der Waals surface area contributed by atoms with Gasteiger partial charge in [-0.05, 0) is 18.1 Å². The lowest BCUT2D eigenvalue weighted by Gasteiger charge is -2.17. The third-order valence-corrected chi connectivity index (χ3v) is 3.84. The quantitative estimate of drug-likeness (QED) is 0.298. The van der Waals surface area contributed by atoms with Crippen molar-refractivity contribution in [1.82, 2.24) is 4.90 Å². The fourth-order valence-electron chi connectivity index (χ4n) is 2.48. The van der Waals surface area contributed by atoms with Gasteiger partial charge in [0.2, 0.25) is 5.91 Å². The number of nitro benzene ring substituents is 1. The van der Waals surface area contributed by atoms with E-state index in [1.165, 1.54) is 18.2 Å². The monoisotopic (exact) mass is 356 g/mol. The number of amides is 1. The number of aldehydes is 1. The molecule has 2 aromatic rings. The topological polar surface area (TPSA) is 89.8 Å². The highest BCUT2D eigenvalue weighted by Gasteiger charge is 2.18. The van der Waals surface area contributed by atoms with E-state index in [1.807, 2.05) is 30.3 Å². The van der Waals surface area contributed by atoms with Gasteiger partial charge in [-0.1, -0.05) is 36.4 Å². The van der Waals surface area contributed by atoms with Gasteiger partial charge in [-0.25, -0.2) is 0 Å². The van der Waals surface area contributed by atoms with E-state index in [4.69, 9.17) is 4.74 Å². The molecule has 2 rings (SSSR count). The molecular weight excluding hydrogens is 336 g/mol. The molecule has 0 saturated carbocycles. The SMILES string of the molecule is CN(Cc1ccccc1)C(=O)CCCOc1cccc([N+](=O)[O-])c1C=O. The number of carbonyl (C=O) groups is 2. The summed E-state index contributed by atoms with van der Waals surface area (Å²) < 4.78 is 5.46. The van der Waals surface area contributed by atoms with Crippen molar-refractivity contribution in [2.24, 2.45) is 0 Å². The second-order valence-corrected chi connectivity index (χ2v) is 5.75. The van der Waals surface area contributed by atoms with E-state index in [0.29, 0.717) is 19.3 Å². The smallest absolute Gasteiger partial charge is 0.283 e. The third-order valence-electron chi connectivity index (χ3n) is 3.84. The molecule has 0 radical (unpaired) electrons. The second kappa shape index (κ2) is 9.31. The normalized spacial score (nSPS) is 10.2. The number of ether oxygens (including phenoxy) is 1. The Kier molecular flexibility index (Phi) is 6.84. The van der Waals surface area contributed by atoms with Crippen LogP contribution in [0.2, 0.25) is 0 Å². The van der Waals surface area contributed by atoms with E-state index in [9.17, 15) is 19.7 Å². The number of nitro groups is 1. The highest BCUT2D eigenvalue weighted by molar-refractivity contribution is 5.85. The highest BCUT2D eigenvalue weighted by atomic mass is 16.6. The molecule has 0 heterocycles. The maximum atomic E-state index is 12.2. The van der Waals surface area contributed by atoms with Gasteiger partial charge >= 0.3 is 0 Å². The largest absolute Gasteiger partial charge is 0.493 e. The molecule has 0 unspecified atom stereocenters. The fraction of sp³-hybridized carbons (Fsp3) is 0.263. The van der Waals surface area contributed by atoms with Gasteiger partial charge in [-0.2, -0.15) is 0 Å². The van der Waals surface area contributed by atoms with E-state index >= 15 is 0 Å². The van der Waals surface area contributed by atoms with Crippen LogP contribution in [-0.2, 0) is 11.3 Å². The van der Waals surface area contributed by atoms with Crippen LogP contribution in [0.3, 0.4) is 0 Å². The number of benzene rings is 2. The van der Waals surface area contributed by atoms with E-state index < -0.39 is 4.92 Å². The Labute approximate surface area is 151 Å². The first-order chi connectivity index (χ1) is 12.5. The predicted molar refractivity (Wildman–Crippen MR) is 96.1 cm³/mol. The van der Waals surface area contributed by atoms with Gasteiger partial charge in [0, 0.05) is 26.1 Å². The molecule has 0 aromatic heterocycles. The average Bonchev–Trinajstić information content (AvgIpc) is 2.65. The van der Waals surface area contributed by atoms with Crippen LogP contribution >= 0.6 is 0 Å². The number of hydrogen-bond acceptors (Lipinski definition) is 5. The van der Waals surface area contributed by atoms with Gasteiger partial charge in [-0.3, -0.25) is 19.7 Å². The van der Waals surface area contributed by atoms with Gasteiger partial charge in [0.15, 0.2) is 6.29 Å². The van der Waals surface area contributed by atoms with E-state index in [0.717, 1.165) is 5.56 Å². The summed E-state index contributed by atoms with van der Waals surface area (Å²) in [5.41, 5.74) is 0.660. The molecule has 2 aromatic carbocycles. The summed E-state index contributed by atoms with van der Waals surface area (Å²) in [4.78, 5) is 35.2. The van der Waals surface area contributed by atoms with Crippen molar-refractivity contribution in [2.45, 2.75) is 19.4 Å². The minimum Gasteiger partial charge on any atom is -0.493 e. The summed E-state index contributed by atoms with van der Waals surface area (Å²) in [5, 5.41) is 10.9. The minimum absolute atomic E-state index is 0.0212. The molecular formula is C19H20N2O5. The Hall–Kier alpha value is -3.22. The number of hydrogen-bond donors (Lipinski definition) is 0. The number of nitrogens with zero attached hydrogens (tertiary/aromatic N) is 2. The summed E-state index contributed by atoms with van der Waals surface area (Å²) in [7, 11) is 1.74. The van der Waals surface area contributed by atoms with Crippen LogP contribution in [0.1, 0.15) is 28.8 Å². The molecule has 0 bridgehead atoms. The first-order valence-corrected chi connectivity index (χ1v) is 8.16.